The lowest BCUT2D eigenvalue weighted by molar-refractivity contribution is -0.142. The monoisotopic (exact) mass is 387 g/mol. The number of fused-ring (bicyclic) bond motifs is 1. The number of ether oxygens (including phenoxy) is 2. The third-order valence-corrected chi connectivity index (χ3v) is 4.34. The largest absolute Gasteiger partial charge is 0.489 e. The molecule has 0 aliphatic carbocycles. The first kappa shape index (κ1) is 16.6. The van der Waals surface area contributed by atoms with Crippen molar-refractivity contribution in [2.45, 2.75) is 20.0 Å². The van der Waals surface area contributed by atoms with Gasteiger partial charge in [0.1, 0.15) is 12.4 Å². The number of aromatic amines is 1. The van der Waals surface area contributed by atoms with Crippen LogP contribution in [0.4, 0.5) is 0 Å². The van der Waals surface area contributed by atoms with Gasteiger partial charge in [0, 0.05) is 27.1 Å². The number of hydrogen-bond donors (Lipinski definition) is 1. The number of esters is 1. The summed E-state index contributed by atoms with van der Waals surface area (Å²) in [6, 6.07) is 13.7. The molecule has 0 atom stereocenters. The van der Waals surface area contributed by atoms with Crippen LogP contribution in [0.15, 0.2) is 53.1 Å². The van der Waals surface area contributed by atoms with Crippen molar-refractivity contribution in [1.29, 1.82) is 0 Å². The van der Waals surface area contributed by atoms with Gasteiger partial charge >= 0.3 is 5.97 Å². The molecule has 3 aromatic rings. The molecule has 0 amide bonds. The van der Waals surface area contributed by atoms with E-state index >= 15 is 0 Å². The van der Waals surface area contributed by atoms with Crippen molar-refractivity contribution in [3.63, 3.8) is 0 Å². The molecular weight excluding hydrogens is 370 g/mol. The van der Waals surface area contributed by atoms with Crippen molar-refractivity contribution < 1.29 is 14.3 Å². The molecule has 0 aliphatic heterocycles. The van der Waals surface area contributed by atoms with E-state index in [-0.39, 0.29) is 12.4 Å². The first-order chi connectivity index (χ1) is 11.7. The molecule has 1 N–H and O–H groups in total. The molecular formula is C19H18BrNO3. The van der Waals surface area contributed by atoms with Gasteiger partial charge in [-0.25, -0.2) is 0 Å². The van der Waals surface area contributed by atoms with Crippen LogP contribution in [-0.2, 0) is 22.6 Å². The van der Waals surface area contributed by atoms with Crippen molar-refractivity contribution in [1.82, 2.24) is 4.98 Å². The Morgan fingerprint density at radius 2 is 2.04 bits per heavy atom. The van der Waals surface area contributed by atoms with E-state index in [2.05, 4.69) is 27.0 Å². The van der Waals surface area contributed by atoms with Crippen LogP contribution >= 0.6 is 15.9 Å². The molecule has 0 unspecified atom stereocenters. The molecule has 3 rings (SSSR count). The highest BCUT2D eigenvalue weighted by atomic mass is 79.9. The fourth-order valence-corrected chi connectivity index (χ4v) is 3.22. The summed E-state index contributed by atoms with van der Waals surface area (Å²) in [6.45, 7) is 2.61. The Balaban J connectivity index is 1.75. The lowest BCUT2D eigenvalue weighted by Crippen LogP contribution is -2.09. The van der Waals surface area contributed by atoms with Crippen LogP contribution in [0.2, 0.25) is 0 Å². The standard InChI is InChI=1S/C19H18BrNO3/c1-2-23-19(22)11-14-5-3-4-6-18(14)24-12-13-9-16(20)15-7-8-21-17(15)10-13/h3-10,21H,2,11-12H2,1H3. The molecule has 0 radical (unpaired) electrons. The maximum atomic E-state index is 11.7. The first-order valence-corrected chi connectivity index (χ1v) is 8.58. The van der Waals surface area contributed by atoms with Gasteiger partial charge in [-0.1, -0.05) is 34.1 Å². The van der Waals surface area contributed by atoms with Gasteiger partial charge in [-0.15, -0.1) is 0 Å². The third kappa shape index (κ3) is 3.79. The second-order valence-electron chi connectivity index (χ2n) is 5.39. The highest BCUT2D eigenvalue weighted by Gasteiger charge is 2.10. The lowest BCUT2D eigenvalue weighted by atomic mass is 10.1. The summed E-state index contributed by atoms with van der Waals surface area (Å²) in [7, 11) is 0. The predicted molar refractivity (Wildman–Crippen MR) is 97.1 cm³/mol. The summed E-state index contributed by atoms with van der Waals surface area (Å²) in [5.74, 6) is 0.456. The fraction of sp³-hybridized carbons (Fsp3) is 0.211. The van der Waals surface area contributed by atoms with Crippen molar-refractivity contribution in [2.75, 3.05) is 6.61 Å². The van der Waals surface area contributed by atoms with E-state index in [1.54, 1.807) is 6.92 Å². The van der Waals surface area contributed by atoms with E-state index in [0.717, 1.165) is 26.5 Å². The van der Waals surface area contributed by atoms with Crippen LogP contribution in [0.5, 0.6) is 5.75 Å². The number of benzene rings is 2. The SMILES string of the molecule is CCOC(=O)Cc1ccccc1OCc1cc(Br)c2cc[nH]c2c1. The van der Waals surface area contributed by atoms with Crippen LogP contribution in [0.3, 0.4) is 0 Å². The summed E-state index contributed by atoms with van der Waals surface area (Å²) < 4.78 is 12.0. The molecule has 0 spiro atoms. The Morgan fingerprint density at radius 1 is 1.21 bits per heavy atom. The van der Waals surface area contributed by atoms with Crippen LogP contribution < -0.4 is 4.74 Å². The first-order valence-electron chi connectivity index (χ1n) is 7.79. The minimum absolute atomic E-state index is 0.212. The molecule has 0 fully saturated rings. The smallest absolute Gasteiger partial charge is 0.310 e. The minimum atomic E-state index is -0.246. The van der Waals surface area contributed by atoms with Gasteiger partial charge in [0.25, 0.3) is 0 Å². The highest BCUT2D eigenvalue weighted by molar-refractivity contribution is 9.10. The van der Waals surface area contributed by atoms with Crippen molar-refractivity contribution in [2.24, 2.45) is 0 Å². The Hall–Kier alpha value is -2.27. The number of para-hydroxylation sites is 1. The Bertz CT molecular complexity index is 857. The quantitative estimate of drug-likeness (QED) is 0.628. The molecule has 24 heavy (non-hydrogen) atoms. The Kier molecular flexibility index (Phi) is 5.20. The van der Waals surface area contributed by atoms with E-state index in [1.165, 1.54) is 0 Å². The zero-order valence-corrected chi connectivity index (χ0v) is 14.9. The number of hydrogen-bond acceptors (Lipinski definition) is 3. The van der Waals surface area contributed by atoms with E-state index in [9.17, 15) is 4.79 Å². The number of aromatic nitrogens is 1. The van der Waals surface area contributed by atoms with Crippen LogP contribution in [0.25, 0.3) is 10.9 Å². The Morgan fingerprint density at radius 3 is 2.88 bits per heavy atom. The van der Waals surface area contributed by atoms with Gasteiger partial charge in [-0.3, -0.25) is 4.79 Å². The van der Waals surface area contributed by atoms with Gasteiger partial charge in [-0.05, 0) is 36.8 Å². The predicted octanol–water partition coefficient (Wildman–Crippen LogP) is 4.62. The van der Waals surface area contributed by atoms with E-state index in [4.69, 9.17) is 9.47 Å². The molecule has 0 aliphatic rings. The van der Waals surface area contributed by atoms with Crippen LogP contribution in [0, 0.1) is 0 Å². The number of nitrogens with one attached hydrogen (secondary N) is 1. The second-order valence-corrected chi connectivity index (χ2v) is 6.25. The lowest BCUT2D eigenvalue weighted by Gasteiger charge is -2.12. The van der Waals surface area contributed by atoms with E-state index in [0.29, 0.717) is 19.0 Å². The maximum absolute atomic E-state index is 11.7. The summed E-state index contributed by atoms with van der Waals surface area (Å²) in [4.78, 5) is 14.9. The number of carbonyl (C=O) groups excluding carboxylic acids is 1. The van der Waals surface area contributed by atoms with Gasteiger partial charge in [0.15, 0.2) is 0 Å². The molecule has 1 aromatic heterocycles. The number of rotatable bonds is 6. The zero-order chi connectivity index (χ0) is 16.9. The summed E-state index contributed by atoms with van der Waals surface area (Å²) >= 11 is 3.58. The number of H-pyrrole nitrogens is 1. The van der Waals surface area contributed by atoms with Gasteiger partial charge in [0.2, 0.25) is 0 Å². The topological polar surface area (TPSA) is 51.3 Å². The van der Waals surface area contributed by atoms with Crippen molar-refractivity contribution >= 4 is 32.8 Å². The number of carbonyl (C=O) groups is 1. The molecule has 0 saturated heterocycles. The van der Waals surface area contributed by atoms with Crippen molar-refractivity contribution in [3.05, 3.63) is 64.3 Å². The molecule has 0 bridgehead atoms. The number of halogens is 1. The summed E-state index contributed by atoms with van der Waals surface area (Å²) in [5.41, 5.74) is 2.93. The molecule has 2 aromatic carbocycles. The minimum Gasteiger partial charge on any atom is -0.489 e. The molecule has 1 heterocycles. The van der Waals surface area contributed by atoms with Crippen LogP contribution in [0.1, 0.15) is 18.1 Å². The Labute approximate surface area is 148 Å². The molecule has 124 valence electrons. The average molecular weight is 388 g/mol. The van der Waals surface area contributed by atoms with Crippen LogP contribution in [-0.4, -0.2) is 17.6 Å². The second kappa shape index (κ2) is 7.53. The van der Waals surface area contributed by atoms with Gasteiger partial charge in [-0.2, -0.15) is 0 Å². The zero-order valence-electron chi connectivity index (χ0n) is 13.3. The summed E-state index contributed by atoms with van der Waals surface area (Å²) in [5, 5.41) is 1.14. The summed E-state index contributed by atoms with van der Waals surface area (Å²) in [6.07, 6.45) is 2.12. The highest BCUT2D eigenvalue weighted by Crippen LogP contribution is 2.26. The van der Waals surface area contributed by atoms with Crippen molar-refractivity contribution in [3.8, 4) is 5.75 Å². The normalized spacial score (nSPS) is 10.8. The third-order valence-electron chi connectivity index (χ3n) is 3.69. The maximum Gasteiger partial charge on any atom is 0.310 e. The van der Waals surface area contributed by atoms with E-state index < -0.39 is 0 Å². The molecule has 0 saturated carbocycles. The average Bonchev–Trinajstić information content (AvgIpc) is 3.03. The molecule has 4 nitrogen and oxygen atoms in total. The molecule has 5 heteroatoms. The van der Waals surface area contributed by atoms with Gasteiger partial charge in [0.05, 0.1) is 13.0 Å². The fourth-order valence-electron chi connectivity index (χ4n) is 2.58. The van der Waals surface area contributed by atoms with E-state index in [1.807, 2.05) is 42.6 Å². The van der Waals surface area contributed by atoms with Gasteiger partial charge < -0.3 is 14.5 Å².